The predicted octanol–water partition coefficient (Wildman–Crippen LogP) is 3.37. The van der Waals surface area contributed by atoms with Gasteiger partial charge < -0.3 is 10.1 Å². The van der Waals surface area contributed by atoms with E-state index in [4.69, 9.17) is 16.3 Å². The number of amides is 1. The van der Waals surface area contributed by atoms with E-state index in [-0.39, 0.29) is 11.4 Å². The molecule has 1 aliphatic rings. The molecule has 0 heterocycles. The normalized spacial score (nSPS) is 16.5. The van der Waals surface area contributed by atoms with Crippen molar-refractivity contribution in [3.63, 3.8) is 0 Å². The Labute approximate surface area is 119 Å². The van der Waals surface area contributed by atoms with Crippen molar-refractivity contribution in [1.82, 2.24) is 5.32 Å². The molecule has 0 saturated heterocycles. The quantitative estimate of drug-likeness (QED) is 0.812. The van der Waals surface area contributed by atoms with E-state index >= 15 is 0 Å². The van der Waals surface area contributed by atoms with E-state index in [1.807, 2.05) is 12.1 Å². The largest absolute Gasteiger partial charge is 0.494 e. The smallest absolute Gasteiger partial charge is 0.251 e. The van der Waals surface area contributed by atoms with E-state index in [0.29, 0.717) is 18.1 Å². The molecule has 4 heteroatoms. The average Bonchev–Trinajstić information content (AvgIpc) is 2.40. The lowest BCUT2D eigenvalue weighted by Gasteiger charge is -2.41. The maximum Gasteiger partial charge on any atom is 0.251 e. The van der Waals surface area contributed by atoms with Crippen molar-refractivity contribution >= 4 is 17.5 Å². The lowest BCUT2D eigenvalue weighted by molar-refractivity contribution is 0.0853. The van der Waals surface area contributed by atoms with Crippen LogP contribution >= 0.6 is 11.6 Å². The third kappa shape index (κ3) is 3.41. The number of benzene rings is 1. The molecular weight excluding hydrogens is 262 g/mol. The monoisotopic (exact) mass is 281 g/mol. The van der Waals surface area contributed by atoms with Gasteiger partial charge in [0.1, 0.15) is 5.75 Å². The van der Waals surface area contributed by atoms with Gasteiger partial charge in [0.15, 0.2) is 0 Å². The van der Waals surface area contributed by atoms with Crippen LogP contribution in [0.2, 0.25) is 0 Å². The summed E-state index contributed by atoms with van der Waals surface area (Å²) in [5, 5.41) is 3.05. The fourth-order valence-electron chi connectivity index (χ4n) is 2.16. The molecule has 3 nitrogen and oxygen atoms in total. The van der Waals surface area contributed by atoms with Crippen LogP contribution in [0.15, 0.2) is 24.3 Å². The Balaban J connectivity index is 2.02. The molecule has 2 rings (SSSR count). The third-order valence-corrected chi connectivity index (χ3v) is 4.03. The van der Waals surface area contributed by atoms with Crippen LogP contribution in [-0.4, -0.2) is 23.9 Å². The molecule has 0 aliphatic heterocycles. The first-order valence-corrected chi connectivity index (χ1v) is 7.34. The van der Waals surface area contributed by atoms with Crippen molar-refractivity contribution in [2.24, 2.45) is 0 Å². The number of halogens is 1. The van der Waals surface area contributed by atoms with E-state index in [1.165, 1.54) is 0 Å². The molecule has 0 atom stereocenters. The second-order valence-electron chi connectivity index (χ2n) is 5.10. The summed E-state index contributed by atoms with van der Waals surface area (Å²) < 4.78 is 5.54. The van der Waals surface area contributed by atoms with Gasteiger partial charge in [0.05, 0.1) is 12.1 Å². The van der Waals surface area contributed by atoms with E-state index in [9.17, 15) is 4.79 Å². The van der Waals surface area contributed by atoms with Crippen molar-refractivity contribution < 1.29 is 9.53 Å². The van der Waals surface area contributed by atoms with Gasteiger partial charge in [0, 0.05) is 11.4 Å². The second-order valence-corrected chi connectivity index (χ2v) is 5.37. The van der Waals surface area contributed by atoms with Gasteiger partial charge in [0.2, 0.25) is 0 Å². The summed E-state index contributed by atoms with van der Waals surface area (Å²) >= 11 is 5.95. The van der Waals surface area contributed by atoms with Crippen LogP contribution in [-0.2, 0) is 0 Å². The SMILES string of the molecule is CCCOc1cccc(C(=O)NC2(CCl)CCC2)c1. The van der Waals surface area contributed by atoms with Gasteiger partial charge in [-0.25, -0.2) is 0 Å². The second kappa shape index (κ2) is 6.29. The number of carbonyl (C=O) groups excluding carboxylic acids is 1. The minimum absolute atomic E-state index is 0.0673. The molecule has 104 valence electrons. The molecule has 1 aromatic carbocycles. The van der Waals surface area contributed by atoms with Crippen LogP contribution in [0.1, 0.15) is 43.0 Å². The number of alkyl halides is 1. The van der Waals surface area contributed by atoms with E-state index in [1.54, 1.807) is 12.1 Å². The first-order valence-electron chi connectivity index (χ1n) is 6.80. The Hall–Kier alpha value is -1.22. The van der Waals surface area contributed by atoms with Crippen LogP contribution in [0.3, 0.4) is 0 Å². The summed E-state index contributed by atoms with van der Waals surface area (Å²) in [5.41, 5.74) is 0.434. The molecule has 1 N–H and O–H groups in total. The predicted molar refractivity (Wildman–Crippen MR) is 77.0 cm³/mol. The summed E-state index contributed by atoms with van der Waals surface area (Å²) in [6.45, 7) is 2.72. The maximum atomic E-state index is 12.2. The molecular formula is C15H20ClNO2. The summed E-state index contributed by atoms with van der Waals surface area (Å²) in [4.78, 5) is 12.2. The average molecular weight is 282 g/mol. The first-order chi connectivity index (χ1) is 9.19. The van der Waals surface area contributed by atoms with Crippen LogP contribution in [0.5, 0.6) is 5.75 Å². The highest BCUT2D eigenvalue weighted by Gasteiger charge is 2.37. The third-order valence-electron chi connectivity index (χ3n) is 3.51. The lowest BCUT2D eigenvalue weighted by Crippen LogP contribution is -2.55. The van der Waals surface area contributed by atoms with Crippen molar-refractivity contribution in [2.45, 2.75) is 38.1 Å². The molecule has 1 aromatic rings. The van der Waals surface area contributed by atoms with Crippen molar-refractivity contribution in [3.05, 3.63) is 29.8 Å². The Morgan fingerprint density at radius 3 is 2.84 bits per heavy atom. The Morgan fingerprint density at radius 2 is 2.26 bits per heavy atom. The fraction of sp³-hybridized carbons (Fsp3) is 0.533. The van der Waals surface area contributed by atoms with Crippen LogP contribution in [0.4, 0.5) is 0 Å². The number of nitrogens with one attached hydrogen (secondary N) is 1. The summed E-state index contributed by atoms with van der Waals surface area (Å²) in [5.74, 6) is 1.15. The van der Waals surface area contributed by atoms with E-state index in [0.717, 1.165) is 31.4 Å². The van der Waals surface area contributed by atoms with Gasteiger partial charge in [-0.05, 0) is 43.9 Å². The maximum absolute atomic E-state index is 12.2. The van der Waals surface area contributed by atoms with Crippen LogP contribution in [0, 0.1) is 0 Å². The number of hydrogen-bond donors (Lipinski definition) is 1. The molecule has 1 aliphatic carbocycles. The van der Waals surface area contributed by atoms with Gasteiger partial charge >= 0.3 is 0 Å². The lowest BCUT2D eigenvalue weighted by atomic mass is 9.78. The highest BCUT2D eigenvalue weighted by molar-refractivity contribution is 6.19. The Morgan fingerprint density at radius 1 is 1.47 bits per heavy atom. The molecule has 0 spiro atoms. The van der Waals surface area contributed by atoms with E-state index in [2.05, 4.69) is 12.2 Å². The molecule has 1 amide bonds. The van der Waals surface area contributed by atoms with Crippen molar-refractivity contribution in [2.75, 3.05) is 12.5 Å². The zero-order valence-electron chi connectivity index (χ0n) is 11.2. The molecule has 1 fully saturated rings. The summed E-state index contributed by atoms with van der Waals surface area (Å²) in [6, 6.07) is 7.29. The van der Waals surface area contributed by atoms with Gasteiger partial charge in [0.25, 0.3) is 5.91 Å². The van der Waals surface area contributed by atoms with Gasteiger partial charge in [-0.2, -0.15) is 0 Å². The highest BCUT2D eigenvalue weighted by atomic mass is 35.5. The Bertz CT molecular complexity index is 438. The minimum Gasteiger partial charge on any atom is -0.494 e. The standard InChI is InChI=1S/C15H20ClNO2/c1-2-9-19-13-6-3-5-12(10-13)14(18)17-15(11-16)7-4-8-15/h3,5-6,10H,2,4,7-9,11H2,1H3,(H,17,18). The zero-order chi connectivity index (χ0) is 13.7. The summed E-state index contributed by atoms with van der Waals surface area (Å²) in [6.07, 6.45) is 4.01. The summed E-state index contributed by atoms with van der Waals surface area (Å²) in [7, 11) is 0. The number of carbonyl (C=O) groups is 1. The molecule has 1 saturated carbocycles. The highest BCUT2D eigenvalue weighted by Crippen LogP contribution is 2.33. The first kappa shape index (κ1) is 14.2. The Kier molecular flexibility index (Phi) is 4.70. The fourth-order valence-corrected chi connectivity index (χ4v) is 2.49. The molecule has 0 aromatic heterocycles. The number of ether oxygens (including phenoxy) is 1. The molecule has 19 heavy (non-hydrogen) atoms. The van der Waals surface area contributed by atoms with Crippen molar-refractivity contribution in [3.8, 4) is 5.75 Å². The topological polar surface area (TPSA) is 38.3 Å². The van der Waals surface area contributed by atoms with E-state index < -0.39 is 0 Å². The number of hydrogen-bond acceptors (Lipinski definition) is 2. The van der Waals surface area contributed by atoms with Gasteiger partial charge in [-0.3, -0.25) is 4.79 Å². The minimum atomic E-state index is -0.196. The molecule has 0 bridgehead atoms. The molecule has 0 radical (unpaired) electrons. The van der Waals surface area contributed by atoms with Gasteiger partial charge in [-0.15, -0.1) is 11.6 Å². The van der Waals surface area contributed by atoms with Crippen LogP contribution < -0.4 is 10.1 Å². The number of rotatable bonds is 6. The van der Waals surface area contributed by atoms with Gasteiger partial charge in [-0.1, -0.05) is 13.0 Å². The molecule has 0 unspecified atom stereocenters. The van der Waals surface area contributed by atoms with Crippen LogP contribution in [0.25, 0.3) is 0 Å². The van der Waals surface area contributed by atoms with Crippen molar-refractivity contribution in [1.29, 1.82) is 0 Å². The zero-order valence-corrected chi connectivity index (χ0v) is 12.0.